The van der Waals surface area contributed by atoms with Gasteiger partial charge in [-0.1, -0.05) is 18.2 Å². The molecule has 1 amide bonds. The maximum absolute atomic E-state index is 11.8. The fraction of sp³-hybridized carbons (Fsp3) is 0.167. The molecule has 2 N–H and O–H groups in total. The summed E-state index contributed by atoms with van der Waals surface area (Å²) in [6.07, 6.45) is 0. The Labute approximate surface area is 115 Å². The van der Waals surface area contributed by atoms with Gasteiger partial charge in [-0.3, -0.25) is 10.2 Å². The lowest BCUT2D eigenvalue weighted by atomic mass is 10.3. The summed E-state index contributed by atoms with van der Waals surface area (Å²) in [6.45, 7) is 2.08. The average Bonchev–Trinajstić information content (AvgIpc) is 2.62. The van der Waals surface area contributed by atoms with E-state index in [0.717, 1.165) is 11.4 Å². The van der Waals surface area contributed by atoms with E-state index in [2.05, 4.69) is 5.32 Å². The van der Waals surface area contributed by atoms with Crippen molar-refractivity contribution < 1.29 is 4.79 Å². The first kappa shape index (κ1) is 14.5. The number of amides is 1. The number of hydrogen-bond acceptors (Lipinski definition) is 3. The van der Waals surface area contributed by atoms with Crippen molar-refractivity contribution in [2.75, 3.05) is 5.32 Å². The fourth-order valence-corrected chi connectivity index (χ4v) is 2.24. The highest BCUT2D eigenvalue weighted by Gasteiger charge is 2.06. The minimum Gasteiger partial charge on any atom is -0.325 e. The third kappa shape index (κ3) is 3.45. The first-order valence-corrected chi connectivity index (χ1v) is 6.09. The topological polar surface area (TPSA) is 57.9 Å². The molecule has 6 heteroatoms. The number of nitrogens with one attached hydrogen (secondary N) is 2. The quantitative estimate of drug-likeness (QED) is 0.893. The second-order valence-corrected chi connectivity index (χ2v) is 4.54. The molecule has 0 spiro atoms. The highest BCUT2D eigenvalue weighted by atomic mass is 35.5. The molecule has 0 aliphatic heterocycles. The van der Waals surface area contributed by atoms with Crippen molar-refractivity contribution in [3.63, 3.8) is 0 Å². The van der Waals surface area contributed by atoms with Crippen molar-refractivity contribution in [3.05, 3.63) is 46.2 Å². The Morgan fingerprint density at radius 2 is 2.06 bits per heavy atom. The number of hydrogen-bond donors (Lipinski definition) is 2. The fourth-order valence-electron chi connectivity index (χ4n) is 1.49. The summed E-state index contributed by atoms with van der Waals surface area (Å²) in [6, 6.07) is 9.31. The normalized spacial score (nSPS) is 9.61. The standard InChI is InChI=1S/C12H13N3OS.ClH/c1-9-8-17-12(13)15(9)7-11(16)14-10-5-3-2-4-6-10;/h2-6,8,13H,7H2,1H3,(H,14,16);1H. The second-order valence-electron chi connectivity index (χ2n) is 3.68. The molecule has 0 saturated carbocycles. The second kappa shape index (κ2) is 6.37. The summed E-state index contributed by atoms with van der Waals surface area (Å²) in [7, 11) is 0. The lowest BCUT2D eigenvalue weighted by molar-refractivity contribution is -0.116. The number of carbonyl (C=O) groups is 1. The SMILES string of the molecule is Cc1csc(=N)n1CC(=O)Nc1ccccc1.Cl. The number of thiazole rings is 1. The van der Waals surface area contributed by atoms with E-state index in [4.69, 9.17) is 5.41 Å². The van der Waals surface area contributed by atoms with E-state index < -0.39 is 0 Å². The number of aryl methyl sites for hydroxylation is 1. The molecule has 0 fully saturated rings. The van der Waals surface area contributed by atoms with Gasteiger partial charge in [0.1, 0.15) is 6.54 Å². The van der Waals surface area contributed by atoms with Crippen LogP contribution in [0.4, 0.5) is 5.69 Å². The van der Waals surface area contributed by atoms with Gasteiger partial charge in [-0.25, -0.2) is 0 Å². The summed E-state index contributed by atoms with van der Waals surface area (Å²) in [5.41, 5.74) is 1.71. The number of halogens is 1. The Kier molecular flexibility index (Phi) is 5.12. The molecule has 2 rings (SSSR count). The molecule has 4 nitrogen and oxygen atoms in total. The first-order chi connectivity index (χ1) is 8.16. The molecule has 0 atom stereocenters. The highest BCUT2D eigenvalue weighted by molar-refractivity contribution is 7.07. The van der Waals surface area contributed by atoms with E-state index in [1.54, 1.807) is 4.57 Å². The molecule has 1 heterocycles. The van der Waals surface area contributed by atoms with E-state index in [1.165, 1.54) is 11.3 Å². The van der Waals surface area contributed by atoms with Gasteiger partial charge in [-0.15, -0.1) is 23.7 Å². The highest BCUT2D eigenvalue weighted by Crippen LogP contribution is 2.05. The van der Waals surface area contributed by atoms with Crippen molar-refractivity contribution in [1.29, 1.82) is 5.41 Å². The van der Waals surface area contributed by atoms with Crippen LogP contribution in [0.2, 0.25) is 0 Å². The summed E-state index contributed by atoms with van der Waals surface area (Å²) in [5, 5.41) is 12.3. The summed E-state index contributed by atoms with van der Waals surface area (Å²) in [5.74, 6) is -0.115. The van der Waals surface area contributed by atoms with Crippen molar-refractivity contribution in [3.8, 4) is 0 Å². The molecular weight excluding hydrogens is 270 g/mol. The van der Waals surface area contributed by atoms with Gasteiger partial charge in [0.05, 0.1) is 0 Å². The molecule has 0 saturated heterocycles. The molecule has 2 aromatic rings. The Bertz CT molecular complexity index is 577. The predicted molar refractivity (Wildman–Crippen MR) is 75.2 cm³/mol. The van der Waals surface area contributed by atoms with Crippen LogP contribution in [0.5, 0.6) is 0 Å². The van der Waals surface area contributed by atoms with Crippen molar-refractivity contribution >= 4 is 35.3 Å². The maximum atomic E-state index is 11.8. The van der Waals surface area contributed by atoms with Crippen LogP contribution in [0.1, 0.15) is 5.69 Å². The Morgan fingerprint density at radius 1 is 1.39 bits per heavy atom. The van der Waals surface area contributed by atoms with Gasteiger partial charge in [0.25, 0.3) is 0 Å². The average molecular weight is 284 g/mol. The smallest absolute Gasteiger partial charge is 0.244 e. The zero-order valence-corrected chi connectivity index (χ0v) is 11.5. The van der Waals surface area contributed by atoms with Crippen LogP contribution in [0, 0.1) is 12.3 Å². The minimum atomic E-state index is -0.115. The predicted octanol–water partition coefficient (Wildman–Crippen LogP) is 2.40. The van der Waals surface area contributed by atoms with Gasteiger partial charge in [0.15, 0.2) is 4.80 Å². The van der Waals surface area contributed by atoms with Crippen LogP contribution in [-0.4, -0.2) is 10.5 Å². The molecule has 0 aliphatic carbocycles. The van der Waals surface area contributed by atoms with Crippen molar-refractivity contribution in [1.82, 2.24) is 4.57 Å². The lowest BCUT2D eigenvalue weighted by Crippen LogP contribution is -2.25. The van der Waals surface area contributed by atoms with Crippen LogP contribution in [0.15, 0.2) is 35.7 Å². The number of anilines is 1. The Morgan fingerprint density at radius 3 is 2.61 bits per heavy atom. The zero-order chi connectivity index (χ0) is 12.3. The molecule has 0 aliphatic rings. The van der Waals surface area contributed by atoms with Gasteiger partial charge in [-0.05, 0) is 19.1 Å². The van der Waals surface area contributed by atoms with Crippen LogP contribution in [-0.2, 0) is 11.3 Å². The number of aromatic nitrogens is 1. The van der Waals surface area contributed by atoms with Crippen molar-refractivity contribution in [2.45, 2.75) is 13.5 Å². The molecule has 18 heavy (non-hydrogen) atoms. The van der Waals surface area contributed by atoms with E-state index in [1.807, 2.05) is 42.6 Å². The summed E-state index contributed by atoms with van der Waals surface area (Å²) < 4.78 is 1.68. The third-order valence-corrected chi connectivity index (χ3v) is 3.27. The van der Waals surface area contributed by atoms with Gasteiger partial charge in [0.2, 0.25) is 5.91 Å². The summed E-state index contributed by atoms with van der Waals surface area (Å²) in [4.78, 5) is 12.2. The monoisotopic (exact) mass is 283 g/mol. The van der Waals surface area contributed by atoms with Crippen molar-refractivity contribution in [2.24, 2.45) is 0 Å². The number of para-hydroxylation sites is 1. The molecule has 0 bridgehead atoms. The number of benzene rings is 1. The third-order valence-electron chi connectivity index (χ3n) is 2.37. The zero-order valence-electron chi connectivity index (χ0n) is 9.84. The lowest BCUT2D eigenvalue weighted by Gasteiger charge is -2.07. The van der Waals surface area contributed by atoms with E-state index in [-0.39, 0.29) is 24.9 Å². The van der Waals surface area contributed by atoms with Gasteiger partial charge in [0, 0.05) is 16.8 Å². The van der Waals surface area contributed by atoms with Crippen LogP contribution in [0.25, 0.3) is 0 Å². The molecular formula is C12H14ClN3OS. The van der Waals surface area contributed by atoms with Crippen LogP contribution >= 0.6 is 23.7 Å². The number of rotatable bonds is 3. The molecule has 0 radical (unpaired) electrons. The largest absolute Gasteiger partial charge is 0.325 e. The Hall–Kier alpha value is -1.59. The molecule has 1 aromatic carbocycles. The van der Waals surface area contributed by atoms with Gasteiger partial charge < -0.3 is 9.88 Å². The molecule has 0 unspecified atom stereocenters. The molecule has 1 aromatic heterocycles. The molecule has 96 valence electrons. The Balaban J connectivity index is 0.00000162. The van der Waals surface area contributed by atoms with Crippen LogP contribution in [0.3, 0.4) is 0 Å². The minimum absolute atomic E-state index is 0. The van der Waals surface area contributed by atoms with Gasteiger partial charge >= 0.3 is 0 Å². The van der Waals surface area contributed by atoms with Crippen LogP contribution < -0.4 is 10.1 Å². The van der Waals surface area contributed by atoms with E-state index in [0.29, 0.717) is 4.80 Å². The summed E-state index contributed by atoms with van der Waals surface area (Å²) >= 11 is 1.33. The number of carbonyl (C=O) groups excluding carboxylic acids is 1. The van der Waals surface area contributed by atoms with Gasteiger partial charge in [-0.2, -0.15) is 0 Å². The first-order valence-electron chi connectivity index (χ1n) is 5.21. The van der Waals surface area contributed by atoms with E-state index in [9.17, 15) is 4.79 Å². The van der Waals surface area contributed by atoms with E-state index >= 15 is 0 Å². The maximum Gasteiger partial charge on any atom is 0.244 e. The number of nitrogens with zero attached hydrogens (tertiary/aromatic N) is 1.